The summed E-state index contributed by atoms with van der Waals surface area (Å²) in [6.07, 6.45) is 1.14. The lowest BCUT2D eigenvalue weighted by Gasteiger charge is -2.14. The molecule has 0 atom stereocenters. The van der Waals surface area contributed by atoms with Crippen LogP contribution in [0.25, 0.3) is 0 Å². The molecule has 0 aliphatic heterocycles. The van der Waals surface area contributed by atoms with Gasteiger partial charge in [0.15, 0.2) is 0 Å². The molecule has 0 heterocycles. The summed E-state index contributed by atoms with van der Waals surface area (Å²) in [5.74, 6) is 0.976. The highest BCUT2D eigenvalue weighted by molar-refractivity contribution is 5.36. The van der Waals surface area contributed by atoms with Crippen molar-refractivity contribution in [2.75, 3.05) is 6.54 Å². The second-order valence-electron chi connectivity index (χ2n) is 5.44. The first-order valence-electron chi connectivity index (χ1n) is 7.69. The monoisotopic (exact) mass is 283 g/mol. The molecule has 0 aliphatic rings. The molecule has 0 unspecified atom stereocenters. The summed E-state index contributed by atoms with van der Waals surface area (Å²) in [6.45, 7) is 8.97. The van der Waals surface area contributed by atoms with Crippen LogP contribution in [0.1, 0.15) is 35.6 Å². The van der Waals surface area contributed by atoms with Gasteiger partial charge in [0, 0.05) is 12.1 Å². The van der Waals surface area contributed by atoms with E-state index in [2.05, 4.69) is 62.5 Å². The molecule has 21 heavy (non-hydrogen) atoms. The van der Waals surface area contributed by atoms with E-state index in [-0.39, 0.29) is 0 Å². The van der Waals surface area contributed by atoms with Crippen molar-refractivity contribution in [3.63, 3.8) is 0 Å². The molecule has 2 nitrogen and oxygen atoms in total. The molecule has 0 aliphatic carbocycles. The van der Waals surface area contributed by atoms with E-state index in [1.54, 1.807) is 0 Å². The smallest absolute Gasteiger partial charge is 0.124 e. The fourth-order valence-corrected chi connectivity index (χ4v) is 2.42. The van der Waals surface area contributed by atoms with Gasteiger partial charge in [0.1, 0.15) is 12.4 Å². The number of nitrogens with one attached hydrogen (secondary N) is 1. The molecule has 0 radical (unpaired) electrons. The van der Waals surface area contributed by atoms with Gasteiger partial charge < -0.3 is 10.1 Å². The van der Waals surface area contributed by atoms with Crippen molar-refractivity contribution in [2.45, 2.75) is 40.3 Å². The lowest BCUT2D eigenvalue weighted by molar-refractivity contribution is 0.300. The van der Waals surface area contributed by atoms with E-state index in [9.17, 15) is 0 Å². The third-order valence-electron chi connectivity index (χ3n) is 3.73. The van der Waals surface area contributed by atoms with Crippen molar-refractivity contribution < 1.29 is 4.74 Å². The van der Waals surface area contributed by atoms with E-state index in [0.717, 1.165) is 25.3 Å². The van der Waals surface area contributed by atoms with Crippen molar-refractivity contribution in [2.24, 2.45) is 0 Å². The first kappa shape index (κ1) is 15.6. The lowest BCUT2D eigenvalue weighted by Crippen LogP contribution is -2.14. The van der Waals surface area contributed by atoms with E-state index in [1.807, 2.05) is 6.07 Å². The summed E-state index contributed by atoms with van der Waals surface area (Å²) in [5.41, 5.74) is 5.08. The molecule has 0 saturated carbocycles. The van der Waals surface area contributed by atoms with Gasteiger partial charge in [-0.05, 0) is 49.6 Å². The van der Waals surface area contributed by atoms with E-state index in [1.165, 1.54) is 22.3 Å². The quantitative estimate of drug-likeness (QED) is 0.761. The Morgan fingerprint density at radius 2 is 1.67 bits per heavy atom. The van der Waals surface area contributed by atoms with Gasteiger partial charge in [-0.1, -0.05) is 43.3 Å². The van der Waals surface area contributed by atoms with Gasteiger partial charge in [0.25, 0.3) is 0 Å². The number of ether oxygens (including phenoxy) is 1. The minimum Gasteiger partial charge on any atom is -0.489 e. The Morgan fingerprint density at radius 1 is 0.952 bits per heavy atom. The summed E-state index contributed by atoms with van der Waals surface area (Å²) in [4.78, 5) is 0. The van der Waals surface area contributed by atoms with E-state index >= 15 is 0 Å². The fourth-order valence-electron chi connectivity index (χ4n) is 2.42. The molecule has 2 heteroatoms. The molecule has 0 spiro atoms. The highest BCUT2D eigenvalue weighted by Gasteiger charge is 2.06. The minimum atomic E-state index is 0.628. The molecule has 0 amide bonds. The highest BCUT2D eigenvalue weighted by atomic mass is 16.5. The normalized spacial score (nSPS) is 10.6. The van der Waals surface area contributed by atoms with Crippen LogP contribution in [0.2, 0.25) is 0 Å². The van der Waals surface area contributed by atoms with Crippen LogP contribution in [0.15, 0.2) is 42.5 Å². The van der Waals surface area contributed by atoms with E-state index in [0.29, 0.717) is 6.61 Å². The SMILES string of the molecule is CCCNCc1ccccc1OCc1c(C)cccc1C. The fraction of sp³-hybridized carbons (Fsp3) is 0.368. The maximum atomic E-state index is 6.08. The van der Waals surface area contributed by atoms with Gasteiger partial charge in [-0.15, -0.1) is 0 Å². The van der Waals surface area contributed by atoms with Crippen LogP contribution in [-0.2, 0) is 13.2 Å². The van der Waals surface area contributed by atoms with Gasteiger partial charge in [-0.25, -0.2) is 0 Å². The average Bonchev–Trinajstić information content (AvgIpc) is 2.48. The van der Waals surface area contributed by atoms with Crippen molar-refractivity contribution in [3.8, 4) is 5.75 Å². The van der Waals surface area contributed by atoms with E-state index < -0.39 is 0 Å². The van der Waals surface area contributed by atoms with Gasteiger partial charge in [0.2, 0.25) is 0 Å². The zero-order chi connectivity index (χ0) is 15.1. The van der Waals surface area contributed by atoms with Crippen LogP contribution < -0.4 is 10.1 Å². The Labute approximate surface area is 128 Å². The first-order chi connectivity index (χ1) is 10.2. The first-order valence-corrected chi connectivity index (χ1v) is 7.69. The predicted octanol–water partition coefficient (Wildman–Crippen LogP) is 4.38. The van der Waals surface area contributed by atoms with Crippen molar-refractivity contribution >= 4 is 0 Å². The number of para-hydroxylation sites is 1. The Morgan fingerprint density at radius 3 is 2.38 bits per heavy atom. The Bertz CT molecular complexity index is 557. The molecular formula is C19H25NO. The molecule has 0 fully saturated rings. The second-order valence-corrected chi connectivity index (χ2v) is 5.44. The number of hydrogen-bond donors (Lipinski definition) is 1. The van der Waals surface area contributed by atoms with Crippen molar-refractivity contribution in [1.29, 1.82) is 0 Å². The largest absolute Gasteiger partial charge is 0.489 e. The molecule has 2 aromatic carbocycles. The van der Waals surface area contributed by atoms with Crippen LogP contribution in [0.5, 0.6) is 5.75 Å². The summed E-state index contributed by atoms with van der Waals surface area (Å²) in [7, 11) is 0. The molecule has 112 valence electrons. The molecule has 2 aromatic rings. The maximum Gasteiger partial charge on any atom is 0.124 e. The predicted molar refractivity (Wildman–Crippen MR) is 88.7 cm³/mol. The van der Waals surface area contributed by atoms with Crippen molar-refractivity contribution in [1.82, 2.24) is 5.32 Å². The summed E-state index contributed by atoms with van der Waals surface area (Å²) in [6, 6.07) is 14.6. The topological polar surface area (TPSA) is 21.3 Å². The van der Waals surface area contributed by atoms with Crippen LogP contribution >= 0.6 is 0 Å². The Hall–Kier alpha value is -1.80. The summed E-state index contributed by atoms with van der Waals surface area (Å²) >= 11 is 0. The van der Waals surface area contributed by atoms with Crippen LogP contribution in [-0.4, -0.2) is 6.54 Å². The minimum absolute atomic E-state index is 0.628. The number of hydrogen-bond acceptors (Lipinski definition) is 2. The third-order valence-corrected chi connectivity index (χ3v) is 3.73. The Balaban J connectivity index is 2.06. The zero-order valence-corrected chi connectivity index (χ0v) is 13.3. The van der Waals surface area contributed by atoms with Crippen LogP contribution in [0.4, 0.5) is 0 Å². The standard InChI is InChI=1S/C19H25NO/c1-4-12-20-13-17-10-5-6-11-19(17)21-14-18-15(2)8-7-9-16(18)3/h5-11,20H,4,12-14H2,1-3H3. The van der Waals surface area contributed by atoms with Gasteiger partial charge in [-0.3, -0.25) is 0 Å². The van der Waals surface area contributed by atoms with E-state index in [4.69, 9.17) is 4.74 Å². The molecule has 0 aromatic heterocycles. The molecular weight excluding hydrogens is 258 g/mol. The Kier molecular flexibility index (Phi) is 5.82. The van der Waals surface area contributed by atoms with Crippen molar-refractivity contribution in [3.05, 3.63) is 64.7 Å². The van der Waals surface area contributed by atoms with Gasteiger partial charge >= 0.3 is 0 Å². The van der Waals surface area contributed by atoms with Crippen LogP contribution in [0, 0.1) is 13.8 Å². The lowest BCUT2D eigenvalue weighted by atomic mass is 10.0. The molecule has 2 rings (SSSR count). The summed E-state index contributed by atoms with van der Waals surface area (Å²) in [5, 5.41) is 3.43. The maximum absolute atomic E-state index is 6.08. The number of rotatable bonds is 7. The van der Waals surface area contributed by atoms with Crippen LogP contribution in [0.3, 0.4) is 0 Å². The number of aryl methyl sites for hydroxylation is 2. The molecule has 0 bridgehead atoms. The highest BCUT2D eigenvalue weighted by Crippen LogP contribution is 2.21. The van der Waals surface area contributed by atoms with Gasteiger partial charge in [-0.2, -0.15) is 0 Å². The molecule has 1 N–H and O–H groups in total. The summed E-state index contributed by atoms with van der Waals surface area (Å²) < 4.78 is 6.08. The van der Waals surface area contributed by atoms with Gasteiger partial charge in [0.05, 0.1) is 0 Å². The average molecular weight is 283 g/mol. The second kappa shape index (κ2) is 7.84. The third kappa shape index (κ3) is 4.33. The number of benzene rings is 2. The zero-order valence-electron chi connectivity index (χ0n) is 13.3. The molecule has 0 saturated heterocycles.